The summed E-state index contributed by atoms with van der Waals surface area (Å²) < 4.78 is 16.3. The number of rotatable bonds is 11. The zero-order valence-electron chi connectivity index (χ0n) is 18.0. The van der Waals surface area contributed by atoms with E-state index in [2.05, 4.69) is 45.6 Å². The SMILES string of the molecule is CN=C(NCCCCN1CCOCC1)NCc1ccc(C)cc1OCCOC.I. The second-order valence-corrected chi connectivity index (χ2v) is 6.97. The van der Waals surface area contributed by atoms with Crippen LogP contribution < -0.4 is 15.4 Å². The van der Waals surface area contributed by atoms with E-state index in [1.165, 1.54) is 12.0 Å². The monoisotopic (exact) mass is 520 g/mol. The molecule has 1 saturated heterocycles. The lowest BCUT2D eigenvalue weighted by Crippen LogP contribution is -2.38. The van der Waals surface area contributed by atoms with Crippen LogP contribution in [0.5, 0.6) is 5.75 Å². The van der Waals surface area contributed by atoms with Crippen LogP contribution >= 0.6 is 24.0 Å². The van der Waals surface area contributed by atoms with Crippen molar-refractivity contribution >= 4 is 29.9 Å². The highest BCUT2D eigenvalue weighted by molar-refractivity contribution is 14.0. The van der Waals surface area contributed by atoms with Gasteiger partial charge in [-0.1, -0.05) is 12.1 Å². The van der Waals surface area contributed by atoms with Gasteiger partial charge in [0.2, 0.25) is 0 Å². The van der Waals surface area contributed by atoms with Crippen molar-refractivity contribution in [3.05, 3.63) is 29.3 Å². The summed E-state index contributed by atoms with van der Waals surface area (Å²) in [4.78, 5) is 6.79. The summed E-state index contributed by atoms with van der Waals surface area (Å²) in [6.07, 6.45) is 2.30. The number of methoxy groups -OCH3 is 1. The molecule has 2 rings (SSSR count). The minimum Gasteiger partial charge on any atom is -0.491 e. The van der Waals surface area contributed by atoms with E-state index in [9.17, 15) is 0 Å². The Morgan fingerprint density at radius 3 is 2.69 bits per heavy atom. The van der Waals surface area contributed by atoms with Gasteiger partial charge in [-0.25, -0.2) is 0 Å². The normalized spacial score (nSPS) is 14.9. The van der Waals surface area contributed by atoms with Crippen LogP contribution in [0.4, 0.5) is 0 Å². The molecule has 0 atom stereocenters. The van der Waals surface area contributed by atoms with Gasteiger partial charge in [-0.15, -0.1) is 24.0 Å². The molecule has 1 fully saturated rings. The van der Waals surface area contributed by atoms with Gasteiger partial charge in [-0.05, 0) is 37.9 Å². The zero-order valence-corrected chi connectivity index (χ0v) is 20.4. The number of ether oxygens (including phenoxy) is 3. The van der Waals surface area contributed by atoms with Gasteiger partial charge >= 0.3 is 0 Å². The van der Waals surface area contributed by atoms with E-state index in [1.807, 2.05) is 0 Å². The number of aryl methyl sites for hydroxylation is 1. The van der Waals surface area contributed by atoms with Gasteiger partial charge in [0.25, 0.3) is 0 Å². The molecule has 1 heterocycles. The highest BCUT2D eigenvalue weighted by Crippen LogP contribution is 2.20. The quantitative estimate of drug-likeness (QED) is 0.202. The molecule has 166 valence electrons. The second kappa shape index (κ2) is 15.7. The fourth-order valence-corrected chi connectivity index (χ4v) is 3.07. The Morgan fingerprint density at radius 2 is 1.97 bits per heavy atom. The first-order valence-electron chi connectivity index (χ1n) is 10.2. The van der Waals surface area contributed by atoms with Crippen LogP contribution in [0, 0.1) is 6.92 Å². The molecule has 29 heavy (non-hydrogen) atoms. The molecule has 0 aliphatic carbocycles. The first kappa shape index (κ1) is 25.9. The van der Waals surface area contributed by atoms with Gasteiger partial charge in [-0.3, -0.25) is 9.89 Å². The van der Waals surface area contributed by atoms with E-state index < -0.39 is 0 Å². The number of morpholine rings is 1. The molecule has 0 bridgehead atoms. The number of nitrogens with zero attached hydrogens (tertiary/aromatic N) is 2. The van der Waals surface area contributed by atoms with Crippen molar-refractivity contribution < 1.29 is 14.2 Å². The maximum Gasteiger partial charge on any atom is 0.191 e. The molecule has 7 nitrogen and oxygen atoms in total. The van der Waals surface area contributed by atoms with Crippen LogP contribution in [-0.2, 0) is 16.0 Å². The van der Waals surface area contributed by atoms with E-state index >= 15 is 0 Å². The molecule has 2 N–H and O–H groups in total. The van der Waals surface area contributed by atoms with Gasteiger partial charge in [0.15, 0.2) is 5.96 Å². The summed E-state index contributed by atoms with van der Waals surface area (Å²) in [5.41, 5.74) is 2.29. The first-order chi connectivity index (χ1) is 13.7. The number of guanidine groups is 1. The molecule has 1 aromatic carbocycles. The summed E-state index contributed by atoms with van der Waals surface area (Å²) in [6, 6.07) is 6.26. The number of hydrogen-bond acceptors (Lipinski definition) is 5. The second-order valence-electron chi connectivity index (χ2n) is 6.97. The summed E-state index contributed by atoms with van der Waals surface area (Å²) in [5, 5.41) is 6.77. The number of nitrogens with one attached hydrogen (secondary N) is 2. The fraction of sp³-hybridized carbons (Fsp3) is 0.667. The Bertz CT molecular complexity index is 595. The highest BCUT2D eigenvalue weighted by atomic mass is 127. The smallest absolute Gasteiger partial charge is 0.191 e. The summed E-state index contributed by atoms with van der Waals surface area (Å²) in [5.74, 6) is 1.71. The van der Waals surface area contributed by atoms with Crippen molar-refractivity contribution in [3.8, 4) is 5.75 Å². The van der Waals surface area contributed by atoms with Crippen LogP contribution in [0.1, 0.15) is 24.0 Å². The first-order valence-corrected chi connectivity index (χ1v) is 10.2. The minimum atomic E-state index is 0. The van der Waals surface area contributed by atoms with E-state index in [1.54, 1.807) is 14.2 Å². The van der Waals surface area contributed by atoms with Crippen LogP contribution in [0.25, 0.3) is 0 Å². The van der Waals surface area contributed by atoms with Crippen molar-refractivity contribution in [2.45, 2.75) is 26.3 Å². The summed E-state index contributed by atoms with van der Waals surface area (Å²) in [7, 11) is 3.48. The molecule has 1 aromatic rings. The van der Waals surface area contributed by atoms with Crippen molar-refractivity contribution in [2.75, 3.05) is 66.8 Å². The van der Waals surface area contributed by atoms with E-state index in [0.29, 0.717) is 19.8 Å². The number of benzene rings is 1. The van der Waals surface area contributed by atoms with Crippen molar-refractivity contribution in [3.63, 3.8) is 0 Å². The number of halogens is 1. The molecule has 1 aliphatic rings. The Kier molecular flexibility index (Phi) is 14.0. The highest BCUT2D eigenvalue weighted by Gasteiger charge is 2.09. The van der Waals surface area contributed by atoms with Gasteiger partial charge in [0.05, 0.1) is 19.8 Å². The van der Waals surface area contributed by atoms with Crippen LogP contribution in [-0.4, -0.2) is 77.6 Å². The predicted octanol–water partition coefficient (Wildman–Crippen LogP) is 2.42. The predicted molar refractivity (Wildman–Crippen MR) is 129 cm³/mol. The summed E-state index contributed by atoms with van der Waals surface area (Å²) in [6.45, 7) is 9.75. The molecule has 0 aromatic heterocycles. The third-order valence-corrected chi connectivity index (χ3v) is 4.73. The molecule has 1 aliphatic heterocycles. The van der Waals surface area contributed by atoms with Crippen molar-refractivity contribution in [2.24, 2.45) is 4.99 Å². The fourth-order valence-electron chi connectivity index (χ4n) is 3.07. The third kappa shape index (κ3) is 10.5. The molecule has 0 unspecified atom stereocenters. The Labute approximate surface area is 192 Å². The standard InChI is InChI=1S/C21H36N4O3.HI/c1-18-6-7-19(20(16-18)28-15-14-26-3)17-24-21(22-2)23-8-4-5-9-25-10-12-27-13-11-25;/h6-7,16H,4-5,8-15,17H2,1-3H3,(H2,22,23,24);1H. The topological polar surface area (TPSA) is 67.4 Å². The van der Waals surface area contributed by atoms with Gasteiger partial charge in [-0.2, -0.15) is 0 Å². The largest absolute Gasteiger partial charge is 0.491 e. The van der Waals surface area contributed by atoms with Crippen LogP contribution in [0.3, 0.4) is 0 Å². The lowest BCUT2D eigenvalue weighted by atomic mass is 10.1. The van der Waals surface area contributed by atoms with Crippen LogP contribution in [0.15, 0.2) is 23.2 Å². The Hall–Kier alpha value is -1.10. The Morgan fingerprint density at radius 1 is 1.17 bits per heavy atom. The Balaban J connectivity index is 0.00000420. The lowest BCUT2D eigenvalue weighted by Gasteiger charge is -2.26. The molecule has 0 amide bonds. The number of hydrogen-bond donors (Lipinski definition) is 2. The van der Waals surface area contributed by atoms with Gasteiger partial charge in [0.1, 0.15) is 12.4 Å². The van der Waals surface area contributed by atoms with Gasteiger partial charge in [0, 0.05) is 45.9 Å². The average molecular weight is 520 g/mol. The molecule has 8 heteroatoms. The summed E-state index contributed by atoms with van der Waals surface area (Å²) >= 11 is 0. The van der Waals surface area contributed by atoms with E-state index in [0.717, 1.165) is 63.1 Å². The van der Waals surface area contributed by atoms with Gasteiger partial charge < -0.3 is 24.8 Å². The molecule has 0 spiro atoms. The van der Waals surface area contributed by atoms with Crippen molar-refractivity contribution in [1.29, 1.82) is 0 Å². The maximum atomic E-state index is 5.86. The molecule has 0 saturated carbocycles. The number of aliphatic imine (C=N–C) groups is 1. The third-order valence-electron chi connectivity index (χ3n) is 4.73. The lowest BCUT2D eigenvalue weighted by molar-refractivity contribution is 0.0372. The number of unbranched alkanes of at least 4 members (excludes halogenated alkanes) is 1. The maximum absolute atomic E-state index is 5.86. The van der Waals surface area contributed by atoms with Crippen LogP contribution in [0.2, 0.25) is 0 Å². The van der Waals surface area contributed by atoms with Crippen molar-refractivity contribution in [1.82, 2.24) is 15.5 Å². The minimum absolute atomic E-state index is 0. The van der Waals surface area contributed by atoms with E-state index in [4.69, 9.17) is 14.2 Å². The molecule has 0 radical (unpaired) electrons. The molecular formula is C21H37IN4O3. The van der Waals surface area contributed by atoms with E-state index in [-0.39, 0.29) is 24.0 Å². The zero-order chi connectivity index (χ0) is 20.0. The molecular weight excluding hydrogens is 483 g/mol. The average Bonchev–Trinajstić information content (AvgIpc) is 2.72.